The summed E-state index contributed by atoms with van der Waals surface area (Å²) in [6.07, 6.45) is -0.252. The van der Waals surface area contributed by atoms with Gasteiger partial charge in [0, 0.05) is 5.02 Å². The van der Waals surface area contributed by atoms with E-state index in [9.17, 15) is 9.59 Å². The van der Waals surface area contributed by atoms with Crippen LogP contribution in [0.25, 0.3) is 0 Å². The van der Waals surface area contributed by atoms with Crippen molar-refractivity contribution in [1.29, 1.82) is 0 Å². The topological polar surface area (TPSA) is 76.7 Å². The Morgan fingerprint density at radius 3 is 2.32 bits per heavy atom. The molecule has 2 amide bonds. The van der Waals surface area contributed by atoms with Gasteiger partial charge in [-0.1, -0.05) is 36.7 Å². The van der Waals surface area contributed by atoms with Crippen LogP contribution in [-0.2, 0) is 9.59 Å². The number of ether oxygens (including phenoxy) is 2. The highest BCUT2D eigenvalue weighted by Gasteiger charge is 2.18. The Morgan fingerprint density at radius 1 is 1.00 bits per heavy atom. The molecular formula is C18H19ClN2O4. The van der Waals surface area contributed by atoms with Crippen LogP contribution >= 0.6 is 11.6 Å². The van der Waals surface area contributed by atoms with Crippen molar-refractivity contribution in [3.05, 3.63) is 59.6 Å². The molecule has 2 aromatic rings. The van der Waals surface area contributed by atoms with Gasteiger partial charge in [0.15, 0.2) is 12.7 Å². The summed E-state index contributed by atoms with van der Waals surface area (Å²) < 4.78 is 10.9. The summed E-state index contributed by atoms with van der Waals surface area (Å²) in [4.78, 5) is 23.8. The number of para-hydroxylation sites is 1. The predicted molar refractivity (Wildman–Crippen MR) is 94.4 cm³/mol. The quantitative estimate of drug-likeness (QED) is 0.742. The number of benzene rings is 2. The van der Waals surface area contributed by atoms with E-state index in [4.69, 9.17) is 21.1 Å². The third kappa shape index (κ3) is 6.35. The minimum absolute atomic E-state index is 0.238. The van der Waals surface area contributed by atoms with E-state index >= 15 is 0 Å². The van der Waals surface area contributed by atoms with Crippen LogP contribution in [0, 0.1) is 0 Å². The van der Waals surface area contributed by atoms with Crippen LogP contribution < -0.4 is 20.3 Å². The molecule has 0 aromatic heterocycles. The predicted octanol–water partition coefficient (Wildman–Crippen LogP) is 2.72. The molecule has 0 saturated heterocycles. The molecule has 0 saturated carbocycles. The maximum Gasteiger partial charge on any atom is 0.279 e. The minimum atomic E-state index is -0.708. The summed E-state index contributed by atoms with van der Waals surface area (Å²) in [7, 11) is 0. The second-order valence-corrected chi connectivity index (χ2v) is 5.54. The standard InChI is InChI=1S/C18H19ClN2O4/c1-2-16(25-15-6-4-3-5-7-15)18(23)21-20-17(22)12-24-14-10-8-13(19)9-11-14/h3-11,16H,2,12H2,1H3,(H,20,22)(H,21,23). The van der Waals surface area contributed by atoms with Crippen molar-refractivity contribution >= 4 is 23.4 Å². The first kappa shape index (κ1) is 18.6. The molecule has 132 valence electrons. The molecule has 0 radical (unpaired) electrons. The zero-order valence-corrected chi connectivity index (χ0v) is 14.5. The Kier molecular flexibility index (Phi) is 7.10. The Bertz CT molecular complexity index is 692. The first-order chi connectivity index (χ1) is 12.1. The number of hydrogen-bond donors (Lipinski definition) is 2. The highest BCUT2D eigenvalue weighted by atomic mass is 35.5. The molecule has 0 fully saturated rings. The van der Waals surface area contributed by atoms with Crippen LogP contribution in [0.2, 0.25) is 5.02 Å². The van der Waals surface area contributed by atoms with Gasteiger partial charge < -0.3 is 9.47 Å². The van der Waals surface area contributed by atoms with Crippen molar-refractivity contribution < 1.29 is 19.1 Å². The van der Waals surface area contributed by atoms with Gasteiger partial charge in [0.05, 0.1) is 0 Å². The third-order valence-electron chi connectivity index (χ3n) is 3.19. The molecule has 0 spiro atoms. The highest BCUT2D eigenvalue weighted by Crippen LogP contribution is 2.15. The molecule has 25 heavy (non-hydrogen) atoms. The molecule has 1 unspecified atom stereocenters. The molecule has 0 heterocycles. The van der Waals surface area contributed by atoms with Crippen LogP contribution in [0.3, 0.4) is 0 Å². The van der Waals surface area contributed by atoms with Crippen molar-refractivity contribution in [1.82, 2.24) is 10.9 Å². The third-order valence-corrected chi connectivity index (χ3v) is 3.45. The number of amides is 2. The van der Waals surface area contributed by atoms with Gasteiger partial charge in [-0.05, 0) is 42.8 Å². The lowest BCUT2D eigenvalue weighted by Crippen LogP contribution is -2.49. The molecule has 1 atom stereocenters. The summed E-state index contributed by atoms with van der Waals surface area (Å²) in [5.41, 5.74) is 4.63. The number of halogens is 1. The van der Waals surface area contributed by atoms with Gasteiger partial charge in [-0.3, -0.25) is 20.4 Å². The number of nitrogens with one attached hydrogen (secondary N) is 2. The summed E-state index contributed by atoms with van der Waals surface area (Å²) in [6, 6.07) is 15.6. The smallest absolute Gasteiger partial charge is 0.279 e. The van der Waals surface area contributed by atoms with Crippen LogP contribution in [0.15, 0.2) is 54.6 Å². The van der Waals surface area contributed by atoms with Gasteiger partial charge in [-0.25, -0.2) is 0 Å². The van der Waals surface area contributed by atoms with E-state index in [-0.39, 0.29) is 6.61 Å². The zero-order chi connectivity index (χ0) is 18.1. The van der Waals surface area contributed by atoms with E-state index in [1.54, 1.807) is 36.4 Å². The molecule has 0 aliphatic rings. The SMILES string of the molecule is CCC(Oc1ccccc1)C(=O)NNC(=O)COc1ccc(Cl)cc1. The number of hydrogen-bond acceptors (Lipinski definition) is 4. The van der Waals surface area contributed by atoms with Crippen LogP contribution in [-0.4, -0.2) is 24.5 Å². The van der Waals surface area contributed by atoms with E-state index in [0.29, 0.717) is 22.9 Å². The van der Waals surface area contributed by atoms with Crippen molar-refractivity contribution in [2.24, 2.45) is 0 Å². The lowest BCUT2D eigenvalue weighted by Gasteiger charge is -2.17. The van der Waals surface area contributed by atoms with Gasteiger partial charge in [-0.2, -0.15) is 0 Å². The van der Waals surface area contributed by atoms with Crippen molar-refractivity contribution in [2.75, 3.05) is 6.61 Å². The van der Waals surface area contributed by atoms with Gasteiger partial charge in [0.25, 0.3) is 11.8 Å². The molecule has 6 nitrogen and oxygen atoms in total. The number of carbonyl (C=O) groups is 2. The average Bonchev–Trinajstić information content (AvgIpc) is 2.64. The molecule has 0 aliphatic heterocycles. The first-order valence-corrected chi connectivity index (χ1v) is 8.15. The van der Waals surface area contributed by atoms with Crippen LogP contribution in [0.5, 0.6) is 11.5 Å². The summed E-state index contributed by atoms with van der Waals surface area (Å²) in [5.74, 6) is 0.163. The fourth-order valence-corrected chi connectivity index (χ4v) is 2.04. The molecule has 0 bridgehead atoms. The first-order valence-electron chi connectivity index (χ1n) is 7.77. The maximum atomic E-state index is 12.1. The summed E-state index contributed by atoms with van der Waals surface area (Å²) >= 11 is 5.77. The normalized spacial score (nSPS) is 11.3. The molecule has 2 N–H and O–H groups in total. The lowest BCUT2D eigenvalue weighted by molar-refractivity contribution is -0.134. The molecule has 7 heteroatoms. The fourth-order valence-electron chi connectivity index (χ4n) is 1.91. The zero-order valence-electron chi connectivity index (χ0n) is 13.7. The monoisotopic (exact) mass is 362 g/mol. The Balaban J connectivity index is 1.75. The molecule has 2 rings (SSSR count). The number of rotatable bonds is 7. The number of carbonyl (C=O) groups excluding carboxylic acids is 2. The Hall–Kier alpha value is -2.73. The van der Waals surface area contributed by atoms with Crippen LogP contribution in [0.4, 0.5) is 0 Å². The molecular weight excluding hydrogens is 344 g/mol. The van der Waals surface area contributed by atoms with Gasteiger partial charge in [0.1, 0.15) is 11.5 Å². The van der Waals surface area contributed by atoms with E-state index < -0.39 is 17.9 Å². The summed E-state index contributed by atoms with van der Waals surface area (Å²) in [6.45, 7) is 1.58. The fraction of sp³-hybridized carbons (Fsp3) is 0.222. The van der Waals surface area contributed by atoms with Gasteiger partial charge >= 0.3 is 0 Å². The molecule has 0 aliphatic carbocycles. The van der Waals surface area contributed by atoms with E-state index in [1.165, 1.54) is 0 Å². The minimum Gasteiger partial charge on any atom is -0.484 e. The second kappa shape index (κ2) is 9.54. The van der Waals surface area contributed by atoms with Crippen LogP contribution in [0.1, 0.15) is 13.3 Å². The Morgan fingerprint density at radius 2 is 1.68 bits per heavy atom. The maximum absolute atomic E-state index is 12.1. The molecule has 2 aromatic carbocycles. The van der Waals surface area contributed by atoms with Crippen molar-refractivity contribution in [3.8, 4) is 11.5 Å². The van der Waals surface area contributed by atoms with E-state index in [2.05, 4.69) is 10.9 Å². The van der Waals surface area contributed by atoms with Crippen molar-refractivity contribution in [2.45, 2.75) is 19.4 Å². The lowest BCUT2D eigenvalue weighted by atomic mass is 10.2. The van der Waals surface area contributed by atoms with E-state index in [0.717, 1.165) is 0 Å². The highest BCUT2D eigenvalue weighted by molar-refractivity contribution is 6.30. The van der Waals surface area contributed by atoms with Gasteiger partial charge in [-0.15, -0.1) is 0 Å². The largest absolute Gasteiger partial charge is 0.484 e. The Labute approximate surface area is 151 Å². The van der Waals surface area contributed by atoms with Gasteiger partial charge in [0.2, 0.25) is 0 Å². The summed E-state index contributed by atoms with van der Waals surface area (Å²) in [5, 5.41) is 0.577. The van der Waals surface area contributed by atoms with Crippen molar-refractivity contribution in [3.63, 3.8) is 0 Å². The average molecular weight is 363 g/mol. The van der Waals surface area contributed by atoms with E-state index in [1.807, 2.05) is 25.1 Å². The second-order valence-electron chi connectivity index (χ2n) is 5.11. The number of hydrazine groups is 1.